The van der Waals surface area contributed by atoms with Gasteiger partial charge in [0.1, 0.15) is 12.2 Å². The molecule has 0 aromatic carbocycles. The highest BCUT2D eigenvalue weighted by Gasteiger charge is 2.27. The molecule has 0 fully saturated rings. The van der Waals surface area contributed by atoms with Crippen molar-refractivity contribution in [3.8, 4) is 0 Å². The fourth-order valence-corrected chi connectivity index (χ4v) is 1.80. The minimum atomic E-state index is -1.02. The monoisotopic (exact) mass is 266 g/mol. The van der Waals surface area contributed by atoms with E-state index in [2.05, 4.69) is 20.8 Å². The van der Waals surface area contributed by atoms with Crippen LogP contribution in [-0.4, -0.2) is 39.5 Å². The Kier molecular flexibility index (Phi) is 4.39. The van der Waals surface area contributed by atoms with Gasteiger partial charge in [-0.15, -0.1) is 0 Å². The molecule has 1 aromatic heterocycles. The number of hydrogen-bond donors (Lipinski definition) is 1. The van der Waals surface area contributed by atoms with Crippen LogP contribution in [0.1, 0.15) is 38.2 Å². The van der Waals surface area contributed by atoms with Crippen LogP contribution in [-0.2, 0) is 11.3 Å². The van der Waals surface area contributed by atoms with E-state index in [1.165, 1.54) is 10.6 Å². The molecule has 106 valence electrons. The second kappa shape index (κ2) is 5.47. The minimum Gasteiger partial charge on any atom is -0.477 e. The molecule has 1 rings (SSSR count). The minimum absolute atomic E-state index is 0.0171. The molecule has 0 saturated heterocycles. The Bertz CT molecular complexity index is 471. The van der Waals surface area contributed by atoms with Crippen molar-refractivity contribution in [2.24, 2.45) is 5.41 Å². The number of carbonyl (C=O) groups excluding carboxylic acids is 1. The van der Waals surface area contributed by atoms with Crippen LogP contribution in [0.3, 0.4) is 0 Å². The molecule has 5 heteroatoms. The lowest BCUT2D eigenvalue weighted by Gasteiger charge is -2.35. The van der Waals surface area contributed by atoms with Crippen molar-refractivity contribution in [3.05, 3.63) is 24.0 Å². The van der Waals surface area contributed by atoms with E-state index >= 15 is 0 Å². The van der Waals surface area contributed by atoms with Crippen LogP contribution >= 0.6 is 0 Å². The summed E-state index contributed by atoms with van der Waals surface area (Å²) >= 11 is 0. The number of aromatic nitrogens is 1. The second-order valence-corrected chi connectivity index (χ2v) is 5.87. The number of hydrogen-bond acceptors (Lipinski definition) is 2. The Morgan fingerprint density at radius 3 is 2.47 bits per heavy atom. The van der Waals surface area contributed by atoms with Crippen molar-refractivity contribution in [1.82, 2.24) is 9.47 Å². The Balaban J connectivity index is 2.80. The maximum absolute atomic E-state index is 12.2. The summed E-state index contributed by atoms with van der Waals surface area (Å²) in [6, 6.07) is 3.19. The molecule has 5 nitrogen and oxygen atoms in total. The van der Waals surface area contributed by atoms with Crippen LogP contribution in [0.4, 0.5) is 0 Å². The molecular formula is C14H22N2O3. The van der Waals surface area contributed by atoms with E-state index in [4.69, 9.17) is 5.11 Å². The SMILES string of the molecule is CC(N(C)C(=O)Cn1cccc1C(=O)O)C(C)(C)C. The lowest BCUT2D eigenvalue weighted by Crippen LogP contribution is -2.44. The first kappa shape index (κ1) is 15.3. The van der Waals surface area contributed by atoms with Crippen LogP contribution in [0.5, 0.6) is 0 Å². The summed E-state index contributed by atoms with van der Waals surface area (Å²) in [5.74, 6) is -1.12. The van der Waals surface area contributed by atoms with Crippen LogP contribution in [0.2, 0.25) is 0 Å². The Morgan fingerprint density at radius 2 is 2.00 bits per heavy atom. The van der Waals surface area contributed by atoms with E-state index in [9.17, 15) is 9.59 Å². The molecule has 1 aromatic rings. The van der Waals surface area contributed by atoms with E-state index < -0.39 is 5.97 Å². The van der Waals surface area contributed by atoms with E-state index in [1.54, 1.807) is 24.2 Å². The zero-order valence-corrected chi connectivity index (χ0v) is 12.2. The van der Waals surface area contributed by atoms with Gasteiger partial charge >= 0.3 is 5.97 Å². The number of amides is 1. The fraction of sp³-hybridized carbons (Fsp3) is 0.571. The van der Waals surface area contributed by atoms with Gasteiger partial charge in [0.15, 0.2) is 0 Å². The highest BCUT2D eigenvalue weighted by Crippen LogP contribution is 2.23. The molecule has 0 aliphatic heterocycles. The molecule has 0 spiro atoms. The Labute approximate surface area is 113 Å². The van der Waals surface area contributed by atoms with Crippen molar-refractivity contribution < 1.29 is 14.7 Å². The van der Waals surface area contributed by atoms with E-state index in [0.29, 0.717) is 0 Å². The molecule has 0 radical (unpaired) electrons. The number of carboxylic acid groups (broad SMARTS) is 1. The number of carbonyl (C=O) groups is 2. The van der Waals surface area contributed by atoms with Gasteiger partial charge < -0.3 is 14.6 Å². The van der Waals surface area contributed by atoms with Gasteiger partial charge in [0.05, 0.1) is 0 Å². The normalized spacial score (nSPS) is 13.1. The summed E-state index contributed by atoms with van der Waals surface area (Å²) in [5, 5.41) is 9.00. The highest BCUT2D eigenvalue weighted by atomic mass is 16.4. The number of aromatic carboxylic acids is 1. The predicted octanol–water partition coefficient (Wildman–Crippen LogP) is 2.08. The quantitative estimate of drug-likeness (QED) is 0.907. The van der Waals surface area contributed by atoms with Gasteiger partial charge in [-0.3, -0.25) is 4.79 Å². The molecule has 1 N–H and O–H groups in total. The lowest BCUT2D eigenvalue weighted by atomic mass is 9.87. The fourth-order valence-electron chi connectivity index (χ4n) is 1.80. The summed E-state index contributed by atoms with van der Waals surface area (Å²) in [7, 11) is 1.75. The highest BCUT2D eigenvalue weighted by molar-refractivity contribution is 5.86. The van der Waals surface area contributed by atoms with Gasteiger partial charge in [0.2, 0.25) is 5.91 Å². The smallest absolute Gasteiger partial charge is 0.352 e. The van der Waals surface area contributed by atoms with E-state index in [-0.39, 0.29) is 29.6 Å². The average molecular weight is 266 g/mol. The number of carboxylic acids is 1. The van der Waals surface area contributed by atoms with Crippen molar-refractivity contribution in [2.45, 2.75) is 40.3 Å². The van der Waals surface area contributed by atoms with E-state index in [1.807, 2.05) is 6.92 Å². The first-order valence-electron chi connectivity index (χ1n) is 6.28. The molecule has 19 heavy (non-hydrogen) atoms. The molecule has 0 bridgehead atoms. The molecule has 1 amide bonds. The van der Waals surface area contributed by atoms with Crippen LogP contribution < -0.4 is 0 Å². The molecule has 1 atom stereocenters. The summed E-state index contributed by atoms with van der Waals surface area (Å²) in [6.45, 7) is 8.25. The largest absolute Gasteiger partial charge is 0.477 e. The predicted molar refractivity (Wildman–Crippen MR) is 73.1 cm³/mol. The lowest BCUT2D eigenvalue weighted by molar-refractivity contribution is -0.134. The van der Waals surface area contributed by atoms with Crippen LogP contribution in [0.15, 0.2) is 18.3 Å². The summed E-state index contributed by atoms with van der Waals surface area (Å²) in [4.78, 5) is 24.8. The van der Waals surface area contributed by atoms with Gasteiger partial charge in [-0.1, -0.05) is 20.8 Å². The van der Waals surface area contributed by atoms with Gasteiger partial charge in [0, 0.05) is 19.3 Å². The molecule has 0 aliphatic carbocycles. The molecule has 0 saturated carbocycles. The first-order valence-corrected chi connectivity index (χ1v) is 6.28. The van der Waals surface area contributed by atoms with Crippen LogP contribution in [0.25, 0.3) is 0 Å². The third-order valence-corrected chi connectivity index (χ3v) is 3.58. The molecular weight excluding hydrogens is 244 g/mol. The van der Waals surface area contributed by atoms with Crippen molar-refractivity contribution in [2.75, 3.05) is 7.05 Å². The summed E-state index contributed by atoms with van der Waals surface area (Å²) < 4.78 is 1.45. The van der Waals surface area contributed by atoms with Gasteiger partial charge in [0.25, 0.3) is 0 Å². The van der Waals surface area contributed by atoms with Crippen molar-refractivity contribution in [1.29, 1.82) is 0 Å². The third-order valence-electron chi connectivity index (χ3n) is 3.58. The summed E-state index contributed by atoms with van der Waals surface area (Å²) in [5.41, 5.74) is 0.113. The average Bonchev–Trinajstić information content (AvgIpc) is 2.73. The second-order valence-electron chi connectivity index (χ2n) is 5.87. The summed E-state index contributed by atoms with van der Waals surface area (Å²) in [6.07, 6.45) is 1.61. The zero-order chi connectivity index (χ0) is 14.8. The van der Waals surface area contributed by atoms with Crippen molar-refractivity contribution in [3.63, 3.8) is 0 Å². The maximum atomic E-state index is 12.2. The molecule has 0 aliphatic rings. The Hall–Kier alpha value is -1.78. The molecule has 1 heterocycles. The molecule has 1 unspecified atom stereocenters. The zero-order valence-electron chi connectivity index (χ0n) is 12.2. The standard InChI is InChI=1S/C14H22N2O3/c1-10(14(2,3)4)15(5)12(17)9-16-8-6-7-11(16)13(18)19/h6-8,10H,9H2,1-5H3,(H,18,19). The number of rotatable bonds is 4. The maximum Gasteiger partial charge on any atom is 0.352 e. The topological polar surface area (TPSA) is 62.5 Å². The third kappa shape index (κ3) is 3.59. The van der Waals surface area contributed by atoms with E-state index in [0.717, 1.165) is 0 Å². The van der Waals surface area contributed by atoms with Gasteiger partial charge in [-0.05, 0) is 24.5 Å². The number of likely N-dealkylation sites (N-methyl/N-ethyl adjacent to an activating group) is 1. The first-order chi connectivity index (χ1) is 8.64. The Morgan fingerprint density at radius 1 is 1.42 bits per heavy atom. The van der Waals surface area contributed by atoms with Crippen LogP contribution in [0, 0.1) is 5.41 Å². The van der Waals surface area contributed by atoms with Crippen molar-refractivity contribution >= 4 is 11.9 Å². The van der Waals surface area contributed by atoms with Gasteiger partial charge in [-0.2, -0.15) is 0 Å². The number of nitrogens with zero attached hydrogens (tertiary/aromatic N) is 2. The van der Waals surface area contributed by atoms with Gasteiger partial charge in [-0.25, -0.2) is 4.79 Å².